The third-order valence-electron chi connectivity index (χ3n) is 13.4. The molecule has 4 unspecified atom stereocenters. The summed E-state index contributed by atoms with van der Waals surface area (Å²) >= 11 is 0. The van der Waals surface area contributed by atoms with Crippen molar-refractivity contribution in [3.63, 3.8) is 0 Å². The highest BCUT2D eigenvalue weighted by atomic mass is 16.6. The summed E-state index contributed by atoms with van der Waals surface area (Å²) in [5, 5.41) is 0. The highest BCUT2D eigenvalue weighted by molar-refractivity contribution is 5.52. The van der Waals surface area contributed by atoms with E-state index < -0.39 is 0 Å². The van der Waals surface area contributed by atoms with Crippen LogP contribution in [0.1, 0.15) is 38.5 Å². The minimum Gasteiger partial charge on any atom is -0.361 e. The lowest BCUT2D eigenvalue weighted by atomic mass is 9.34. The van der Waals surface area contributed by atoms with Gasteiger partial charge in [-0.05, 0) is 110 Å². The fraction of sp³-hybridized carbons (Fsp3) is 1.00. The Kier molecular flexibility index (Phi) is 1.09. The number of hydrogen-bond donors (Lipinski definition) is 0. The van der Waals surface area contributed by atoms with Gasteiger partial charge in [0.2, 0.25) is 0 Å². The van der Waals surface area contributed by atoms with Gasteiger partial charge in [0.05, 0.1) is 0 Å². The molecule has 0 aromatic heterocycles. The molecule has 10 aliphatic carbocycles. The first-order valence-corrected chi connectivity index (χ1v) is 11.2. The lowest BCUT2D eigenvalue weighted by Gasteiger charge is -2.66. The fourth-order valence-corrected chi connectivity index (χ4v) is 14.3. The third kappa shape index (κ3) is 0.551. The lowest BCUT2D eigenvalue weighted by Crippen LogP contribution is -2.71. The molecule has 2 nitrogen and oxygen atoms in total. The van der Waals surface area contributed by atoms with Gasteiger partial charge in [-0.1, -0.05) is 0 Å². The lowest BCUT2D eigenvalue weighted by molar-refractivity contribution is -0.160. The quantitative estimate of drug-likeness (QED) is 0.641. The van der Waals surface area contributed by atoms with Crippen molar-refractivity contribution in [3.05, 3.63) is 0 Å². The van der Waals surface area contributed by atoms with Crippen LogP contribution in [-0.2, 0) is 9.47 Å². The first kappa shape index (κ1) is 10.9. The Labute approximate surface area is 142 Å². The van der Waals surface area contributed by atoms with Gasteiger partial charge in [0.25, 0.3) is 0 Å². The van der Waals surface area contributed by atoms with Crippen LogP contribution in [0.4, 0.5) is 0 Å². The molecule has 12 fully saturated rings. The van der Waals surface area contributed by atoms with Crippen molar-refractivity contribution in [2.24, 2.45) is 71.0 Å². The highest BCUT2D eigenvalue weighted by Crippen LogP contribution is 2.99. The van der Waals surface area contributed by atoms with Gasteiger partial charge in [-0.25, -0.2) is 0 Å². The minimum absolute atomic E-state index is 0.415. The van der Waals surface area contributed by atoms with E-state index in [0.29, 0.717) is 22.4 Å². The van der Waals surface area contributed by atoms with E-state index in [0.717, 1.165) is 71.0 Å². The van der Waals surface area contributed by atoms with Crippen molar-refractivity contribution >= 4 is 0 Å². The Morgan fingerprint density at radius 3 is 1.04 bits per heavy atom. The van der Waals surface area contributed by atoms with E-state index in [1.165, 1.54) is 38.5 Å². The normalized spacial score (nSPS) is 94.0. The molecule has 0 amide bonds. The fourth-order valence-electron chi connectivity index (χ4n) is 14.3. The second-order valence-corrected chi connectivity index (χ2v) is 12.2. The molecule has 0 spiro atoms. The summed E-state index contributed by atoms with van der Waals surface area (Å²) in [7, 11) is 0. The Morgan fingerprint density at radius 1 is 0.417 bits per heavy atom. The molecule has 0 N–H and O–H groups in total. The maximum absolute atomic E-state index is 7.16. The molecule has 0 radical (unpaired) electrons. The van der Waals surface area contributed by atoms with E-state index in [1.54, 1.807) is 0 Å². The molecular formula is C22H24O2. The molecule has 16 atom stereocenters. The number of ether oxygens (including phenoxy) is 2. The summed E-state index contributed by atoms with van der Waals surface area (Å²) < 4.78 is 14.3. The van der Waals surface area contributed by atoms with E-state index in [1.807, 2.05) is 0 Å². The predicted octanol–water partition coefficient (Wildman–Crippen LogP) is 2.86. The van der Waals surface area contributed by atoms with Crippen molar-refractivity contribution in [3.8, 4) is 0 Å². The standard InChI is InChI=1S/C22H24O2/c1-2-8-16-10-4-3-9-15(16)7(1)19-11-5-13-18-14(22(10)21(9,13)24-22)6-12(17(11)18)20(8,19)23-19/h7-18H,1-6H2/t7-,8+,9+,10-,11-,12+,13+,14-,15?,16?,17?,18?,19-,20+,21-,22+. The summed E-state index contributed by atoms with van der Waals surface area (Å²) in [6, 6.07) is 0. The van der Waals surface area contributed by atoms with E-state index in [2.05, 4.69) is 0 Å². The number of fused-ring (bicyclic) bond motifs is 2. The van der Waals surface area contributed by atoms with Gasteiger partial charge < -0.3 is 9.47 Å². The Hall–Kier alpha value is -0.0800. The Morgan fingerprint density at radius 2 is 0.708 bits per heavy atom. The molecule has 12 rings (SSSR count). The van der Waals surface area contributed by atoms with Crippen LogP contribution in [0.15, 0.2) is 0 Å². The van der Waals surface area contributed by atoms with E-state index >= 15 is 0 Å². The van der Waals surface area contributed by atoms with Crippen LogP contribution in [0, 0.1) is 71.0 Å². The van der Waals surface area contributed by atoms with Gasteiger partial charge in [0, 0.05) is 0 Å². The Bertz CT molecular complexity index is 710. The van der Waals surface area contributed by atoms with Crippen molar-refractivity contribution < 1.29 is 9.47 Å². The molecule has 2 aliphatic heterocycles. The average molecular weight is 320 g/mol. The summed E-state index contributed by atoms with van der Waals surface area (Å²) in [5.74, 6) is 11.9. The summed E-state index contributed by atoms with van der Waals surface area (Å²) in [6.07, 6.45) is 9.14. The molecule has 2 heteroatoms. The second-order valence-electron chi connectivity index (χ2n) is 12.2. The SMILES string of the molecule is C1C[C@H]2C3C4[C@@H]1[C@@]15O[C@@]21[C@H]1C[C@@H]2C6C1[C@H]5C[C@@H]6[C@]15O[C@]21[C@@H]3CC[C@@H]45. The van der Waals surface area contributed by atoms with Crippen LogP contribution in [0.5, 0.6) is 0 Å². The number of hydrogen-bond acceptors (Lipinski definition) is 2. The molecule has 12 aliphatic rings. The molecule has 124 valence electrons. The first-order chi connectivity index (χ1) is 11.8. The van der Waals surface area contributed by atoms with Crippen molar-refractivity contribution in [2.75, 3.05) is 0 Å². The predicted molar refractivity (Wildman–Crippen MR) is 82.7 cm³/mol. The van der Waals surface area contributed by atoms with Crippen LogP contribution in [0.2, 0.25) is 0 Å². The topological polar surface area (TPSA) is 25.1 Å². The molecule has 10 saturated carbocycles. The molecule has 4 bridgehead atoms. The van der Waals surface area contributed by atoms with Gasteiger partial charge in [-0.15, -0.1) is 0 Å². The van der Waals surface area contributed by atoms with Crippen molar-refractivity contribution in [1.29, 1.82) is 0 Å². The van der Waals surface area contributed by atoms with Gasteiger partial charge in [0.1, 0.15) is 22.4 Å². The Balaban J connectivity index is 1.40. The monoisotopic (exact) mass is 320 g/mol. The van der Waals surface area contributed by atoms with Crippen LogP contribution in [0.3, 0.4) is 0 Å². The first-order valence-electron chi connectivity index (χ1n) is 11.2. The highest BCUT2D eigenvalue weighted by Gasteiger charge is 3.05. The molecular weight excluding hydrogens is 296 g/mol. The average Bonchev–Trinajstić information content (AvgIpc) is 3.32. The van der Waals surface area contributed by atoms with Crippen LogP contribution in [0.25, 0.3) is 0 Å². The zero-order valence-electron chi connectivity index (χ0n) is 14.0. The number of rotatable bonds is 0. The molecule has 0 aromatic carbocycles. The molecule has 2 heterocycles. The van der Waals surface area contributed by atoms with Crippen LogP contribution in [-0.4, -0.2) is 22.4 Å². The maximum Gasteiger partial charge on any atom is 0.105 e. The summed E-state index contributed by atoms with van der Waals surface area (Å²) in [6.45, 7) is 0. The zero-order valence-corrected chi connectivity index (χ0v) is 14.0. The number of epoxide rings is 2. The molecule has 24 heavy (non-hydrogen) atoms. The van der Waals surface area contributed by atoms with Gasteiger partial charge in [-0.2, -0.15) is 0 Å². The summed E-state index contributed by atoms with van der Waals surface area (Å²) in [4.78, 5) is 0. The van der Waals surface area contributed by atoms with Crippen molar-refractivity contribution in [2.45, 2.75) is 60.9 Å². The molecule has 0 aromatic rings. The van der Waals surface area contributed by atoms with Crippen LogP contribution < -0.4 is 0 Å². The van der Waals surface area contributed by atoms with E-state index in [9.17, 15) is 0 Å². The van der Waals surface area contributed by atoms with Gasteiger partial charge in [-0.3, -0.25) is 0 Å². The smallest absolute Gasteiger partial charge is 0.105 e. The van der Waals surface area contributed by atoms with Crippen LogP contribution >= 0.6 is 0 Å². The van der Waals surface area contributed by atoms with E-state index in [4.69, 9.17) is 9.47 Å². The largest absolute Gasteiger partial charge is 0.361 e. The minimum atomic E-state index is 0.415. The van der Waals surface area contributed by atoms with Crippen molar-refractivity contribution in [1.82, 2.24) is 0 Å². The van der Waals surface area contributed by atoms with E-state index in [-0.39, 0.29) is 0 Å². The maximum atomic E-state index is 7.16. The molecule has 2 saturated heterocycles. The summed E-state index contributed by atoms with van der Waals surface area (Å²) in [5.41, 5.74) is 1.66. The zero-order chi connectivity index (χ0) is 14.6. The third-order valence-corrected chi connectivity index (χ3v) is 13.4. The van der Waals surface area contributed by atoms with Gasteiger partial charge in [0.15, 0.2) is 0 Å². The second kappa shape index (κ2) is 2.39. The van der Waals surface area contributed by atoms with Gasteiger partial charge >= 0.3 is 0 Å².